The highest BCUT2D eigenvalue weighted by Gasteiger charge is 2.14. The van der Waals surface area contributed by atoms with E-state index in [1.165, 1.54) is 53.9 Å². The Bertz CT molecular complexity index is 1620. The summed E-state index contributed by atoms with van der Waals surface area (Å²) in [5.74, 6) is 0. The van der Waals surface area contributed by atoms with Gasteiger partial charge in [-0.3, -0.25) is 0 Å². The summed E-state index contributed by atoms with van der Waals surface area (Å²) in [5.41, 5.74) is 1.90. The van der Waals surface area contributed by atoms with Crippen molar-refractivity contribution in [3.63, 3.8) is 0 Å². The van der Waals surface area contributed by atoms with Crippen LogP contribution in [0.5, 0.6) is 0 Å². The first-order valence-corrected chi connectivity index (χ1v) is 9.94. The number of hydrogen-bond acceptors (Lipinski definition) is 1. The van der Waals surface area contributed by atoms with Crippen LogP contribution < -0.4 is 0 Å². The molecule has 0 atom stereocenters. The van der Waals surface area contributed by atoms with Gasteiger partial charge < -0.3 is 4.42 Å². The van der Waals surface area contributed by atoms with Crippen LogP contribution >= 0.6 is 0 Å². The number of rotatable bonds is 0. The van der Waals surface area contributed by atoms with Crippen LogP contribution in [-0.4, -0.2) is 0 Å². The third-order valence-electron chi connectivity index (χ3n) is 6.17. The fraction of sp³-hybridized carbons (Fsp3) is 0. The highest BCUT2D eigenvalue weighted by Crippen LogP contribution is 2.40. The average Bonchev–Trinajstić information content (AvgIpc) is 3.16. The van der Waals surface area contributed by atoms with Crippen molar-refractivity contribution in [2.45, 2.75) is 0 Å². The van der Waals surface area contributed by atoms with Gasteiger partial charge >= 0.3 is 0 Å². The Morgan fingerprint density at radius 1 is 0.379 bits per heavy atom. The second-order valence-corrected chi connectivity index (χ2v) is 7.82. The maximum Gasteiger partial charge on any atom is 0.136 e. The summed E-state index contributed by atoms with van der Waals surface area (Å²) in [4.78, 5) is 0. The smallest absolute Gasteiger partial charge is 0.136 e. The Labute approximate surface area is 166 Å². The number of benzene rings is 6. The highest BCUT2D eigenvalue weighted by atomic mass is 16.3. The maximum atomic E-state index is 6.29. The highest BCUT2D eigenvalue weighted by molar-refractivity contribution is 6.28. The minimum atomic E-state index is 0.948. The van der Waals surface area contributed by atoms with Crippen LogP contribution in [0.15, 0.2) is 101 Å². The Morgan fingerprint density at radius 3 is 1.24 bits per heavy atom. The van der Waals surface area contributed by atoms with E-state index in [0.717, 1.165) is 11.2 Å². The molecule has 1 heteroatoms. The van der Waals surface area contributed by atoms with Crippen LogP contribution in [-0.2, 0) is 0 Å². The molecule has 1 aromatic heterocycles. The Kier molecular flexibility index (Phi) is 2.80. The molecule has 1 nitrogen and oxygen atoms in total. The van der Waals surface area contributed by atoms with Gasteiger partial charge in [-0.25, -0.2) is 0 Å². The molecule has 0 fully saturated rings. The van der Waals surface area contributed by atoms with Crippen LogP contribution in [0.2, 0.25) is 0 Å². The Morgan fingerprint density at radius 2 is 0.793 bits per heavy atom. The average molecular weight is 368 g/mol. The number of fused-ring (bicyclic) bond motifs is 9. The Balaban J connectivity index is 1.75. The summed E-state index contributed by atoms with van der Waals surface area (Å²) in [7, 11) is 0. The van der Waals surface area contributed by atoms with E-state index in [4.69, 9.17) is 4.42 Å². The molecular weight excluding hydrogens is 352 g/mol. The van der Waals surface area contributed by atoms with E-state index < -0.39 is 0 Å². The van der Waals surface area contributed by atoms with Gasteiger partial charge in [-0.05, 0) is 79.5 Å². The summed E-state index contributed by atoms with van der Waals surface area (Å²) < 4.78 is 6.29. The third kappa shape index (κ3) is 2.05. The first-order chi connectivity index (χ1) is 14.3. The molecule has 0 spiro atoms. The molecule has 0 N–H and O–H groups in total. The molecule has 7 aromatic rings. The molecule has 0 aliphatic heterocycles. The molecule has 0 aliphatic rings. The predicted molar refractivity (Wildman–Crippen MR) is 124 cm³/mol. The molecule has 0 unspecified atom stereocenters. The summed E-state index contributed by atoms with van der Waals surface area (Å²) in [6, 6.07) is 34.8. The van der Waals surface area contributed by atoms with Gasteiger partial charge in [-0.1, -0.05) is 60.7 Å². The number of hydrogen-bond donors (Lipinski definition) is 0. The molecule has 7 rings (SSSR count). The molecule has 134 valence electrons. The number of furan rings is 1. The van der Waals surface area contributed by atoms with Gasteiger partial charge in [0, 0.05) is 10.8 Å². The first-order valence-electron chi connectivity index (χ1n) is 9.94. The van der Waals surface area contributed by atoms with E-state index in [9.17, 15) is 0 Å². The van der Waals surface area contributed by atoms with E-state index >= 15 is 0 Å². The van der Waals surface area contributed by atoms with E-state index in [0.29, 0.717) is 0 Å². The van der Waals surface area contributed by atoms with Gasteiger partial charge in [-0.15, -0.1) is 0 Å². The van der Waals surface area contributed by atoms with Gasteiger partial charge in [0.25, 0.3) is 0 Å². The Hall–Kier alpha value is -3.84. The monoisotopic (exact) mass is 368 g/mol. The van der Waals surface area contributed by atoms with Gasteiger partial charge in [0.15, 0.2) is 0 Å². The van der Waals surface area contributed by atoms with Crippen molar-refractivity contribution in [3.8, 4) is 0 Å². The summed E-state index contributed by atoms with van der Waals surface area (Å²) >= 11 is 0. The molecule has 0 amide bonds. The molecule has 1 heterocycles. The normalized spacial score (nSPS) is 12.1. The zero-order chi connectivity index (χ0) is 18.9. The molecule has 0 bridgehead atoms. The summed E-state index contributed by atoms with van der Waals surface area (Å²) in [5, 5.41) is 12.5. The van der Waals surface area contributed by atoms with Crippen molar-refractivity contribution < 1.29 is 4.42 Å². The SMILES string of the molecule is c1ccc2cc3c(ccc4oc5ccc6cc7ccccc7cc6c5c43)cc2c1. The zero-order valence-electron chi connectivity index (χ0n) is 15.6. The quantitative estimate of drug-likeness (QED) is 0.246. The first kappa shape index (κ1) is 15.1. The largest absolute Gasteiger partial charge is 0.456 e. The topological polar surface area (TPSA) is 13.1 Å². The fourth-order valence-electron chi connectivity index (χ4n) is 4.79. The lowest BCUT2D eigenvalue weighted by atomic mass is 9.96. The lowest BCUT2D eigenvalue weighted by Crippen LogP contribution is -1.80. The molecule has 0 aliphatic carbocycles. The lowest BCUT2D eigenvalue weighted by Gasteiger charge is -2.06. The van der Waals surface area contributed by atoms with E-state index in [2.05, 4.69) is 97.1 Å². The molecule has 6 aromatic carbocycles. The van der Waals surface area contributed by atoms with Gasteiger partial charge in [-0.2, -0.15) is 0 Å². The van der Waals surface area contributed by atoms with Crippen LogP contribution in [0.4, 0.5) is 0 Å². The fourth-order valence-corrected chi connectivity index (χ4v) is 4.79. The van der Waals surface area contributed by atoms with Crippen LogP contribution in [0, 0.1) is 0 Å². The van der Waals surface area contributed by atoms with Crippen molar-refractivity contribution in [1.29, 1.82) is 0 Å². The van der Waals surface area contributed by atoms with Crippen molar-refractivity contribution in [2.24, 2.45) is 0 Å². The molecular formula is C28H16O. The summed E-state index contributed by atoms with van der Waals surface area (Å²) in [6.45, 7) is 0. The maximum absolute atomic E-state index is 6.29. The second-order valence-electron chi connectivity index (χ2n) is 7.82. The molecule has 0 saturated heterocycles. The second kappa shape index (κ2) is 5.36. The van der Waals surface area contributed by atoms with Gasteiger partial charge in [0.2, 0.25) is 0 Å². The molecule has 0 saturated carbocycles. The minimum absolute atomic E-state index is 0.948. The van der Waals surface area contributed by atoms with Crippen LogP contribution in [0.25, 0.3) is 65.0 Å². The molecule has 29 heavy (non-hydrogen) atoms. The van der Waals surface area contributed by atoms with Crippen LogP contribution in [0.1, 0.15) is 0 Å². The van der Waals surface area contributed by atoms with Crippen molar-refractivity contribution in [1.82, 2.24) is 0 Å². The molecule has 0 radical (unpaired) electrons. The lowest BCUT2D eigenvalue weighted by molar-refractivity contribution is 0.669. The predicted octanol–water partition coefficient (Wildman–Crippen LogP) is 8.20. The van der Waals surface area contributed by atoms with Crippen molar-refractivity contribution in [3.05, 3.63) is 97.1 Å². The van der Waals surface area contributed by atoms with E-state index in [1.807, 2.05) is 0 Å². The van der Waals surface area contributed by atoms with Gasteiger partial charge in [0.05, 0.1) is 0 Å². The van der Waals surface area contributed by atoms with Crippen molar-refractivity contribution >= 4 is 65.0 Å². The van der Waals surface area contributed by atoms with Crippen molar-refractivity contribution in [2.75, 3.05) is 0 Å². The summed E-state index contributed by atoms with van der Waals surface area (Å²) in [6.07, 6.45) is 0. The van der Waals surface area contributed by atoms with E-state index in [-0.39, 0.29) is 0 Å². The van der Waals surface area contributed by atoms with Crippen LogP contribution in [0.3, 0.4) is 0 Å². The van der Waals surface area contributed by atoms with Gasteiger partial charge in [0.1, 0.15) is 11.2 Å². The standard InChI is InChI=1S/C28H16O/c1-3-7-19-15-23-21(13-17(19)5-1)9-11-25-27(23)28-24-16-20-8-4-2-6-18(20)14-22(24)10-12-26(28)29-25/h1-16H. The zero-order valence-corrected chi connectivity index (χ0v) is 15.6. The third-order valence-corrected chi connectivity index (χ3v) is 6.17. The van der Waals surface area contributed by atoms with E-state index in [1.54, 1.807) is 0 Å². The minimum Gasteiger partial charge on any atom is -0.456 e.